The molecule has 0 aliphatic rings. The number of imidazole rings is 1. The molecule has 6 aromatic rings. The molecule has 0 spiro atoms. The van der Waals surface area contributed by atoms with Gasteiger partial charge in [0, 0.05) is 41.7 Å². The van der Waals surface area contributed by atoms with E-state index in [1.165, 1.54) is 6.07 Å². The molecular formula is C29H28FN7S. The zero-order valence-electron chi connectivity index (χ0n) is 21.5. The maximum Gasteiger partial charge on any atom is 0.124 e. The Labute approximate surface area is 220 Å². The second kappa shape index (κ2) is 8.97. The van der Waals surface area contributed by atoms with Gasteiger partial charge in [-0.3, -0.25) is 14.8 Å². The number of aromatic amines is 2. The summed E-state index contributed by atoms with van der Waals surface area (Å²) in [5.74, 6) is 8.75. The molecule has 0 fully saturated rings. The highest BCUT2D eigenvalue weighted by atomic mass is 32.2. The van der Waals surface area contributed by atoms with Gasteiger partial charge in [-0.05, 0) is 60.7 Å². The van der Waals surface area contributed by atoms with E-state index in [9.17, 15) is 4.39 Å². The van der Waals surface area contributed by atoms with E-state index < -0.39 is 9.39 Å². The van der Waals surface area contributed by atoms with Crippen molar-refractivity contribution in [1.29, 1.82) is 0 Å². The number of hydrogen-bond acceptors (Lipinski definition) is 4. The zero-order chi connectivity index (χ0) is 26.6. The Kier molecular flexibility index (Phi) is 5.70. The molecule has 0 aliphatic heterocycles. The Morgan fingerprint density at radius 1 is 1.00 bits per heavy atom. The first-order chi connectivity index (χ1) is 18.2. The van der Waals surface area contributed by atoms with Crippen LogP contribution in [0.25, 0.3) is 55.6 Å². The van der Waals surface area contributed by atoms with E-state index in [0.717, 1.165) is 67.0 Å². The van der Waals surface area contributed by atoms with Crippen molar-refractivity contribution in [3.63, 3.8) is 0 Å². The van der Waals surface area contributed by atoms with E-state index in [-0.39, 0.29) is 5.82 Å². The number of aryl methyl sites for hydroxylation is 1. The number of aromatic nitrogens is 6. The molecule has 0 atom stereocenters. The number of rotatable bonds is 6. The Hall–Kier alpha value is -4.21. The van der Waals surface area contributed by atoms with Crippen LogP contribution in [-0.4, -0.2) is 47.7 Å². The topological polar surface area (TPSA) is 87.2 Å². The van der Waals surface area contributed by atoms with Crippen LogP contribution in [-0.2, 0) is 13.6 Å². The minimum Gasteiger partial charge on any atom is -0.352 e. The number of hydrogen-bond donors (Lipinski definition) is 3. The summed E-state index contributed by atoms with van der Waals surface area (Å²) in [6, 6.07) is 13.3. The lowest BCUT2D eigenvalue weighted by Crippen LogP contribution is -2.08. The lowest BCUT2D eigenvalue weighted by Gasteiger charge is -2.12. The summed E-state index contributed by atoms with van der Waals surface area (Å²) >= 11 is 0. The smallest absolute Gasteiger partial charge is 0.124 e. The minimum atomic E-state index is -1.41. The van der Waals surface area contributed by atoms with Crippen LogP contribution in [0.2, 0.25) is 0 Å². The number of H-pyrrole nitrogens is 2. The number of benzene rings is 2. The molecule has 0 saturated heterocycles. The van der Waals surface area contributed by atoms with Crippen molar-refractivity contribution >= 4 is 42.9 Å². The second-order valence-electron chi connectivity index (χ2n) is 9.86. The van der Waals surface area contributed by atoms with Crippen LogP contribution in [0.3, 0.4) is 0 Å². The molecule has 0 aliphatic carbocycles. The number of halogens is 1. The molecule has 2 aromatic carbocycles. The van der Waals surface area contributed by atoms with Crippen molar-refractivity contribution in [3.05, 3.63) is 78.3 Å². The molecule has 0 saturated carbocycles. The zero-order valence-corrected chi connectivity index (χ0v) is 22.3. The molecule has 192 valence electrons. The lowest BCUT2D eigenvalue weighted by molar-refractivity contribution is 0.625. The van der Waals surface area contributed by atoms with Gasteiger partial charge in [-0.25, -0.2) is 9.37 Å². The van der Waals surface area contributed by atoms with Crippen LogP contribution in [0.4, 0.5) is 4.39 Å². The maximum atomic E-state index is 14.6. The quantitative estimate of drug-likeness (QED) is 0.236. The standard InChI is InChI=1S/C29H28FN7S/c1-17-32-16-28(37(17)2)19-6-7-25-23(11-19)29(36-35-25)26-12-22-24(14-31-15-27(22)34-26)20-8-18(9-21(30)10-20)13-33-38(3,4)5/h6-12,14-16,33-34H,3-4,13H2,1-2,5H3,(H,35,36). The van der Waals surface area contributed by atoms with Crippen molar-refractivity contribution in [3.8, 4) is 33.8 Å². The van der Waals surface area contributed by atoms with Gasteiger partial charge in [0.15, 0.2) is 0 Å². The highest BCUT2D eigenvalue weighted by Gasteiger charge is 2.16. The van der Waals surface area contributed by atoms with Gasteiger partial charge in [-0.2, -0.15) is 14.5 Å². The van der Waals surface area contributed by atoms with Gasteiger partial charge < -0.3 is 9.55 Å². The third-order valence-corrected chi connectivity index (χ3v) is 7.61. The Bertz CT molecular complexity index is 1940. The molecule has 0 amide bonds. The Morgan fingerprint density at radius 2 is 1.84 bits per heavy atom. The van der Waals surface area contributed by atoms with Gasteiger partial charge in [0.1, 0.15) is 17.3 Å². The molecule has 9 heteroatoms. The van der Waals surface area contributed by atoms with Crippen molar-refractivity contribution in [1.82, 2.24) is 34.4 Å². The number of nitrogens with zero attached hydrogens (tertiary/aromatic N) is 4. The monoisotopic (exact) mass is 525 g/mol. The predicted octanol–water partition coefficient (Wildman–Crippen LogP) is 5.92. The van der Waals surface area contributed by atoms with E-state index in [1.807, 2.05) is 38.6 Å². The molecule has 0 bridgehead atoms. The number of pyridine rings is 1. The number of fused-ring (bicyclic) bond motifs is 2. The van der Waals surface area contributed by atoms with E-state index in [1.54, 1.807) is 18.5 Å². The van der Waals surface area contributed by atoms with Crippen molar-refractivity contribution in [2.75, 3.05) is 6.26 Å². The molecular weight excluding hydrogens is 497 g/mol. The third-order valence-electron chi connectivity index (χ3n) is 6.77. The van der Waals surface area contributed by atoms with Gasteiger partial charge in [0.05, 0.1) is 34.8 Å². The predicted molar refractivity (Wildman–Crippen MR) is 158 cm³/mol. The Balaban J connectivity index is 1.44. The van der Waals surface area contributed by atoms with Crippen LogP contribution in [0.15, 0.2) is 61.1 Å². The summed E-state index contributed by atoms with van der Waals surface area (Å²) < 4.78 is 20.0. The normalized spacial score (nSPS) is 12.1. The van der Waals surface area contributed by atoms with E-state index in [4.69, 9.17) is 0 Å². The maximum absolute atomic E-state index is 14.6. The summed E-state index contributed by atoms with van der Waals surface area (Å²) in [6.45, 7) is 2.47. The van der Waals surface area contributed by atoms with Crippen LogP contribution in [0.5, 0.6) is 0 Å². The molecule has 3 N–H and O–H groups in total. The van der Waals surface area contributed by atoms with Crippen LogP contribution in [0, 0.1) is 12.7 Å². The largest absolute Gasteiger partial charge is 0.352 e. The van der Waals surface area contributed by atoms with Gasteiger partial charge in [0.2, 0.25) is 0 Å². The summed E-state index contributed by atoms with van der Waals surface area (Å²) in [5.41, 5.74) is 7.98. The van der Waals surface area contributed by atoms with Gasteiger partial charge in [-0.15, -0.1) is 0 Å². The van der Waals surface area contributed by atoms with Gasteiger partial charge >= 0.3 is 0 Å². The SMILES string of the molecule is C=S(=C)(C)NCc1cc(F)cc(-c2cncc3[nH]c(-c4n[nH]c5ccc(-c6cnc(C)n6C)cc45)cc23)c1. The first-order valence-electron chi connectivity index (χ1n) is 12.1. The molecule has 7 nitrogen and oxygen atoms in total. The van der Waals surface area contributed by atoms with Crippen molar-refractivity contribution in [2.45, 2.75) is 13.5 Å². The number of nitrogens with one attached hydrogen (secondary N) is 3. The molecule has 38 heavy (non-hydrogen) atoms. The van der Waals surface area contributed by atoms with Crippen molar-refractivity contribution in [2.24, 2.45) is 7.05 Å². The average Bonchev–Trinajstić information content (AvgIpc) is 3.58. The van der Waals surface area contributed by atoms with Crippen LogP contribution in [0.1, 0.15) is 11.4 Å². The molecule has 0 radical (unpaired) electrons. The first-order valence-corrected chi connectivity index (χ1v) is 14.5. The van der Waals surface area contributed by atoms with Crippen LogP contribution >= 0.6 is 9.39 Å². The van der Waals surface area contributed by atoms with E-state index in [2.05, 4.69) is 64.4 Å². The average molecular weight is 526 g/mol. The summed E-state index contributed by atoms with van der Waals surface area (Å²) in [6.07, 6.45) is 7.40. The van der Waals surface area contributed by atoms with Crippen LogP contribution < -0.4 is 4.72 Å². The third kappa shape index (κ3) is 4.40. The van der Waals surface area contributed by atoms with Gasteiger partial charge in [0.25, 0.3) is 0 Å². The minimum absolute atomic E-state index is 0.298. The molecule has 6 rings (SSSR count). The first kappa shape index (κ1) is 24.1. The summed E-state index contributed by atoms with van der Waals surface area (Å²) in [7, 11) is 0.596. The fourth-order valence-corrected chi connectivity index (χ4v) is 5.24. The summed E-state index contributed by atoms with van der Waals surface area (Å²) in [5, 5.41) is 9.71. The van der Waals surface area contributed by atoms with E-state index in [0.29, 0.717) is 6.54 Å². The van der Waals surface area contributed by atoms with E-state index >= 15 is 0 Å². The van der Waals surface area contributed by atoms with Gasteiger partial charge in [-0.1, -0.05) is 17.8 Å². The highest BCUT2D eigenvalue weighted by Crippen LogP contribution is 2.35. The molecule has 4 heterocycles. The van der Waals surface area contributed by atoms with Crippen molar-refractivity contribution < 1.29 is 4.39 Å². The summed E-state index contributed by atoms with van der Waals surface area (Å²) in [4.78, 5) is 12.3. The second-order valence-corrected chi connectivity index (χ2v) is 12.7. The Morgan fingerprint density at radius 3 is 2.61 bits per heavy atom. The lowest BCUT2D eigenvalue weighted by atomic mass is 10.0. The fraction of sp³-hybridized carbons (Fsp3) is 0.138. The molecule has 4 aromatic heterocycles. The fourth-order valence-electron chi connectivity index (χ4n) is 4.72. The molecule has 0 unspecified atom stereocenters. The highest BCUT2D eigenvalue weighted by molar-refractivity contribution is 8.25.